The lowest BCUT2D eigenvalue weighted by molar-refractivity contribution is -0.634. The van der Waals surface area contributed by atoms with Gasteiger partial charge >= 0.3 is 0 Å². The molecule has 41 heavy (non-hydrogen) atoms. The van der Waals surface area contributed by atoms with E-state index >= 15 is 0 Å². The van der Waals surface area contributed by atoms with Crippen molar-refractivity contribution in [3.63, 3.8) is 0 Å². The number of nitrogens with zero attached hydrogens (tertiary/aromatic N) is 4. The molecular weight excluding hydrogens is 500 g/mol. The minimum atomic E-state index is 0.00645. The molecule has 206 valence electrons. The standard InChI is InChI=1S/C37H40N4/c1-7-21-37(22-8-2)29-23-25(35-38(3)31-13-9-10-14-32(31)39(35)4)17-19-27(29)28-20-18-26(24-30(28)37)36-40(5)33-15-11-12-16-34(33)41(36)6/h9-20,23-24H,7-8,21-22H2,1-6H3/q+2. The number of hydrogen-bond donors (Lipinski definition) is 0. The molecule has 6 aromatic rings. The first-order chi connectivity index (χ1) is 19.9. The smallest absolute Gasteiger partial charge is 0.226 e. The second kappa shape index (κ2) is 9.44. The normalized spacial score (nSPS) is 13.7. The van der Waals surface area contributed by atoms with Gasteiger partial charge in [-0.3, -0.25) is 0 Å². The highest BCUT2D eigenvalue weighted by atomic mass is 15.1. The molecule has 1 aliphatic rings. The van der Waals surface area contributed by atoms with Crippen molar-refractivity contribution in [1.29, 1.82) is 0 Å². The Bertz CT molecular complexity index is 1750. The summed E-state index contributed by atoms with van der Waals surface area (Å²) in [4.78, 5) is 0. The molecule has 0 spiro atoms. The summed E-state index contributed by atoms with van der Waals surface area (Å²) >= 11 is 0. The summed E-state index contributed by atoms with van der Waals surface area (Å²) in [6.45, 7) is 4.69. The summed E-state index contributed by atoms with van der Waals surface area (Å²) < 4.78 is 9.38. The lowest BCUT2D eigenvalue weighted by atomic mass is 9.71. The van der Waals surface area contributed by atoms with E-state index in [2.05, 4.69) is 145 Å². The van der Waals surface area contributed by atoms with Crippen molar-refractivity contribution in [2.45, 2.75) is 44.9 Å². The van der Waals surface area contributed by atoms with E-state index in [-0.39, 0.29) is 5.41 Å². The van der Waals surface area contributed by atoms with E-state index in [0.717, 1.165) is 25.7 Å². The number of benzene rings is 4. The number of hydrogen-bond acceptors (Lipinski definition) is 0. The summed E-state index contributed by atoms with van der Waals surface area (Å²) in [6, 6.07) is 31.9. The van der Waals surface area contributed by atoms with Gasteiger partial charge in [0.05, 0.1) is 39.3 Å². The van der Waals surface area contributed by atoms with Gasteiger partial charge in [-0.25, -0.2) is 18.3 Å². The molecule has 7 rings (SSSR count). The lowest BCUT2D eigenvalue weighted by Crippen LogP contribution is -2.30. The fraction of sp³-hybridized carbons (Fsp3) is 0.297. The van der Waals surface area contributed by atoms with Crippen molar-refractivity contribution < 1.29 is 9.13 Å². The van der Waals surface area contributed by atoms with E-state index in [0.29, 0.717) is 0 Å². The zero-order chi connectivity index (χ0) is 28.5. The molecule has 0 aliphatic heterocycles. The molecule has 4 heteroatoms. The number of aryl methyl sites for hydroxylation is 4. The average Bonchev–Trinajstić information content (AvgIpc) is 3.51. The minimum Gasteiger partial charge on any atom is -0.226 e. The predicted octanol–water partition coefficient (Wildman–Crippen LogP) is 7.52. The van der Waals surface area contributed by atoms with E-state index < -0.39 is 0 Å². The van der Waals surface area contributed by atoms with E-state index in [9.17, 15) is 0 Å². The molecular formula is C37H40N4+2. The van der Waals surface area contributed by atoms with Crippen molar-refractivity contribution in [3.8, 4) is 33.9 Å². The van der Waals surface area contributed by atoms with Crippen molar-refractivity contribution in [2.75, 3.05) is 0 Å². The van der Waals surface area contributed by atoms with Crippen LogP contribution in [-0.2, 0) is 33.6 Å². The van der Waals surface area contributed by atoms with Crippen LogP contribution in [0.3, 0.4) is 0 Å². The van der Waals surface area contributed by atoms with Crippen LogP contribution < -0.4 is 9.13 Å². The number of rotatable bonds is 6. The van der Waals surface area contributed by atoms with E-state index in [1.165, 1.54) is 67.1 Å². The highest BCUT2D eigenvalue weighted by Crippen LogP contribution is 2.55. The summed E-state index contributed by atoms with van der Waals surface area (Å²) in [7, 11) is 8.78. The number of imidazole rings is 2. The van der Waals surface area contributed by atoms with Crippen molar-refractivity contribution >= 4 is 22.1 Å². The van der Waals surface area contributed by atoms with Gasteiger partial charge in [-0.05, 0) is 83.6 Å². The van der Waals surface area contributed by atoms with Gasteiger partial charge in [0.2, 0.25) is 0 Å². The highest BCUT2D eigenvalue weighted by Gasteiger charge is 2.43. The maximum absolute atomic E-state index is 2.52. The molecule has 0 saturated carbocycles. The first-order valence-corrected chi connectivity index (χ1v) is 15.1. The average molecular weight is 541 g/mol. The SMILES string of the molecule is CCCC1(CCC)c2cc(-c3n(C)c4ccccc4[n+]3C)ccc2-c2ccc(-c3n(C)c4ccccc4[n+]3C)cc21. The van der Waals surface area contributed by atoms with Crippen LogP contribution in [-0.4, -0.2) is 9.13 Å². The third-order valence-corrected chi connectivity index (χ3v) is 9.71. The van der Waals surface area contributed by atoms with Crippen LogP contribution in [0.2, 0.25) is 0 Å². The minimum absolute atomic E-state index is 0.00645. The first kappa shape index (κ1) is 25.8. The molecule has 2 aromatic heterocycles. The van der Waals surface area contributed by atoms with Crippen molar-refractivity contribution in [2.24, 2.45) is 28.2 Å². The third-order valence-electron chi connectivity index (χ3n) is 9.71. The summed E-state index contributed by atoms with van der Waals surface area (Å²) in [6.07, 6.45) is 4.60. The summed E-state index contributed by atoms with van der Waals surface area (Å²) in [5.74, 6) is 2.49. The number of aromatic nitrogens is 4. The molecule has 4 aromatic carbocycles. The van der Waals surface area contributed by atoms with Gasteiger partial charge in [-0.1, -0.05) is 63.1 Å². The number of para-hydroxylation sites is 4. The maximum atomic E-state index is 2.52. The molecule has 0 atom stereocenters. The number of fused-ring (bicyclic) bond motifs is 5. The van der Waals surface area contributed by atoms with Gasteiger partial charge in [0.25, 0.3) is 11.6 Å². The van der Waals surface area contributed by atoms with Crippen LogP contribution in [0.1, 0.15) is 50.7 Å². The fourth-order valence-corrected chi connectivity index (χ4v) is 8.03. The monoisotopic (exact) mass is 540 g/mol. The van der Waals surface area contributed by atoms with Crippen molar-refractivity contribution in [1.82, 2.24) is 9.13 Å². The summed E-state index contributed by atoms with van der Waals surface area (Å²) in [5, 5.41) is 0. The molecule has 0 N–H and O–H groups in total. The van der Waals surface area contributed by atoms with Crippen molar-refractivity contribution in [3.05, 3.63) is 96.1 Å². The Morgan fingerprint density at radius 1 is 0.585 bits per heavy atom. The van der Waals surface area contributed by atoms with Crippen LogP contribution in [0.4, 0.5) is 0 Å². The topological polar surface area (TPSA) is 17.6 Å². The quantitative estimate of drug-likeness (QED) is 0.195. The van der Waals surface area contributed by atoms with Gasteiger partial charge in [-0.2, -0.15) is 0 Å². The van der Waals surface area contributed by atoms with Gasteiger partial charge in [0.1, 0.15) is 0 Å². The predicted molar refractivity (Wildman–Crippen MR) is 169 cm³/mol. The van der Waals surface area contributed by atoms with Crippen LogP contribution in [0.25, 0.3) is 56.0 Å². The van der Waals surface area contributed by atoms with E-state index in [1.807, 2.05) is 0 Å². The second-order valence-electron chi connectivity index (χ2n) is 12.0. The molecule has 4 nitrogen and oxygen atoms in total. The molecule has 0 unspecified atom stereocenters. The molecule has 0 saturated heterocycles. The molecule has 0 fully saturated rings. The Kier molecular flexibility index (Phi) is 5.93. The Balaban J connectivity index is 1.45. The van der Waals surface area contributed by atoms with Gasteiger partial charge in [0.15, 0.2) is 22.1 Å². The zero-order valence-corrected chi connectivity index (χ0v) is 25.2. The van der Waals surface area contributed by atoms with Crippen LogP contribution in [0.5, 0.6) is 0 Å². The first-order valence-electron chi connectivity index (χ1n) is 15.1. The molecule has 0 radical (unpaired) electrons. The largest absolute Gasteiger partial charge is 0.289 e. The van der Waals surface area contributed by atoms with Gasteiger partial charge in [-0.15, -0.1) is 0 Å². The maximum Gasteiger partial charge on any atom is 0.289 e. The molecule has 1 aliphatic carbocycles. The highest BCUT2D eigenvalue weighted by molar-refractivity contribution is 5.86. The second-order valence-corrected chi connectivity index (χ2v) is 12.0. The van der Waals surface area contributed by atoms with E-state index in [1.54, 1.807) is 0 Å². The van der Waals surface area contributed by atoms with Crippen LogP contribution in [0.15, 0.2) is 84.9 Å². The molecule has 2 heterocycles. The van der Waals surface area contributed by atoms with Gasteiger partial charge in [0, 0.05) is 5.41 Å². The van der Waals surface area contributed by atoms with Crippen LogP contribution >= 0.6 is 0 Å². The molecule has 0 bridgehead atoms. The van der Waals surface area contributed by atoms with Gasteiger partial charge < -0.3 is 0 Å². The third kappa shape index (κ3) is 3.52. The Labute approximate surface area is 243 Å². The fourth-order valence-electron chi connectivity index (χ4n) is 8.03. The summed E-state index contributed by atoms with van der Waals surface area (Å²) in [5.41, 5.74) is 13.4. The Morgan fingerprint density at radius 2 is 1.00 bits per heavy atom. The zero-order valence-electron chi connectivity index (χ0n) is 25.2. The molecule has 0 amide bonds. The Morgan fingerprint density at radius 3 is 1.39 bits per heavy atom. The van der Waals surface area contributed by atoms with E-state index in [4.69, 9.17) is 0 Å². The lowest BCUT2D eigenvalue weighted by Gasteiger charge is -2.32. The van der Waals surface area contributed by atoms with Crippen LogP contribution in [0, 0.1) is 0 Å². The Hall–Kier alpha value is -4.18.